The van der Waals surface area contributed by atoms with Crippen molar-refractivity contribution in [3.8, 4) is 5.75 Å². The topological polar surface area (TPSA) is 93.2 Å². The molecule has 9 heteroatoms. The Balaban J connectivity index is 1.66. The van der Waals surface area contributed by atoms with E-state index in [0.29, 0.717) is 24.3 Å². The number of ether oxygens (including phenoxy) is 2. The van der Waals surface area contributed by atoms with Gasteiger partial charge in [-0.2, -0.15) is 4.31 Å². The average Bonchev–Trinajstić information content (AvgIpc) is 2.86. The number of nitrogens with zero attached hydrogens (tertiary/aromatic N) is 2. The maximum atomic E-state index is 13.6. The summed E-state index contributed by atoms with van der Waals surface area (Å²) in [5.41, 5.74) is 0.503. The maximum Gasteiger partial charge on any atom is 0.348 e. The number of benzene rings is 2. The van der Waals surface area contributed by atoms with Gasteiger partial charge in [0.2, 0.25) is 22.0 Å². The van der Waals surface area contributed by atoms with Crippen molar-refractivity contribution in [2.24, 2.45) is 0 Å². The molecule has 0 aromatic heterocycles. The van der Waals surface area contributed by atoms with Gasteiger partial charge in [-0.25, -0.2) is 13.2 Å². The number of hydrogen-bond acceptors (Lipinski definition) is 6. The van der Waals surface area contributed by atoms with E-state index < -0.39 is 28.0 Å². The van der Waals surface area contributed by atoms with Gasteiger partial charge in [0.05, 0.1) is 30.8 Å². The van der Waals surface area contributed by atoms with Crippen molar-refractivity contribution in [1.82, 2.24) is 4.31 Å². The van der Waals surface area contributed by atoms with Gasteiger partial charge in [-0.15, -0.1) is 0 Å². The fraction of sp³-hybridized carbons (Fsp3) is 0.417. The van der Waals surface area contributed by atoms with Crippen molar-refractivity contribution in [1.29, 1.82) is 0 Å². The molecule has 0 N–H and O–H groups in total. The number of para-hydroxylation sites is 2. The average molecular weight is 473 g/mol. The number of anilines is 1. The molecular formula is C24H28N2O6S. The van der Waals surface area contributed by atoms with Gasteiger partial charge in [-0.1, -0.05) is 49.6 Å². The second-order valence-corrected chi connectivity index (χ2v) is 10.1. The number of esters is 1. The third kappa shape index (κ3) is 4.89. The molecule has 0 unspecified atom stereocenters. The molecule has 1 saturated carbocycles. The normalized spacial score (nSPS) is 19.0. The number of sulfonamides is 1. The smallest absolute Gasteiger partial charge is 0.348 e. The summed E-state index contributed by atoms with van der Waals surface area (Å²) in [5.74, 6) is -0.629. The van der Waals surface area contributed by atoms with Crippen LogP contribution in [0.5, 0.6) is 5.75 Å². The summed E-state index contributed by atoms with van der Waals surface area (Å²) in [7, 11) is -2.62. The minimum Gasteiger partial charge on any atom is -0.475 e. The van der Waals surface area contributed by atoms with E-state index in [4.69, 9.17) is 9.47 Å². The maximum absolute atomic E-state index is 13.6. The second-order valence-electron chi connectivity index (χ2n) is 8.26. The molecule has 1 aliphatic carbocycles. The van der Waals surface area contributed by atoms with E-state index in [1.165, 1.54) is 16.3 Å². The highest BCUT2D eigenvalue weighted by Gasteiger charge is 2.39. The van der Waals surface area contributed by atoms with Gasteiger partial charge in [0.1, 0.15) is 5.75 Å². The predicted molar refractivity (Wildman–Crippen MR) is 122 cm³/mol. The molecule has 2 aromatic carbocycles. The second kappa shape index (κ2) is 9.93. The Morgan fingerprint density at radius 3 is 2.39 bits per heavy atom. The molecule has 1 heterocycles. The third-order valence-electron chi connectivity index (χ3n) is 6.16. The van der Waals surface area contributed by atoms with E-state index in [2.05, 4.69) is 0 Å². The number of carbonyl (C=O) groups is 2. The van der Waals surface area contributed by atoms with E-state index in [1.807, 2.05) is 0 Å². The van der Waals surface area contributed by atoms with Gasteiger partial charge in [0, 0.05) is 6.04 Å². The molecule has 1 fully saturated rings. The molecule has 0 bridgehead atoms. The minimum absolute atomic E-state index is 0.0492. The molecule has 1 aliphatic heterocycles. The largest absolute Gasteiger partial charge is 0.475 e. The van der Waals surface area contributed by atoms with Crippen LogP contribution in [0.1, 0.15) is 32.1 Å². The van der Waals surface area contributed by atoms with E-state index >= 15 is 0 Å². The summed E-state index contributed by atoms with van der Waals surface area (Å²) in [6.45, 7) is -0.365. The van der Waals surface area contributed by atoms with E-state index in [-0.39, 0.29) is 24.0 Å². The molecule has 0 radical (unpaired) electrons. The van der Waals surface area contributed by atoms with E-state index in [0.717, 1.165) is 19.3 Å². The Morgan fingerprint density at radius 2 is 1.70 bits per heavy atom. The van der Waals surface area contributed by atoms with Crippen LogP contribution in [0.25, 0.3) is 0 Å². The van der Waals surface area contributed by atoms with Gasteiger partial charge >= 0.3 is 5.97 Å². The first-order chi connectivity index (χ1) is 15.9. The first kappa shape index (κ1) is 23.3. The van der Waals surface area contributed by atoms with Crippen LogP contribution in [0.3, 0.4) is 0 Å². The number of amides is 1. The van der Waals surface area contributed by atoms with Crippen molar-refractivity contribution in [2.45, 2.75) is 49.1 Å². The van der Waals surface area contributed by atoms with Gasteiger partial charge < -0.3 is 14.4 Å². The van der Waals surface area contributed by atoms with Gasteiger partial charge in [0.25, 0.3) is 0 Å². The molecule has 33 heavy (non-hydrogen) atoms. The van der Waals surface area contributed by atoms with Crippen LogP contribution in [-0.4, -0.2) is 56.9 Å². The van der Waals surface area contributed by atoms with Crippen molar-refractivity contribution in [3.05, 3.63) is 54.6 Å². The molecule has 2 aromatic rings. The Morgan fingerprint density at radius 1 is 1.03 bits per heavy atom. The quantitative estimate of drug-likeness (QED) is 0.600. The fourth-order valence-electron chi connectivity index (χ4n) is 4.45. The number of carbonyl (C=O) groups excluding carboxylic acids is 2. The van der Waals surface area contributed by atoms with Crippen LogP contribution in [0.4, 0.5) is 5.69 Å². The summed E-state index contributed by atoms with van der Waals surface area (Å²) in [5, 5.41) is 0. The van der Waals surface area contributed by atoms with Crippen molar-refractivity contribution in [3.63, 3.8) is 0 Å². The van der Waals surface area contributed by atoms with Crippen LogP contribution < -0.4 is 9.64 Å². The zero-order valence-electron chi connectivity index (χ0n) is 18.6. The first-order valence-electron chi connectivity index (χ1n) is 11.1. The van der Waals surface area contributed by atoms with E-state index in [1.54, 1.807) is 54.6 Å². The zero-order valence-corrected chi connectivity index (χ0v) is 19.4. The number of methoxy groups -OCH3 is 1. The summed E-state index contributed by atoms with van der Waals surface area (Å²) in [4.78, 5) is 27.3. The standard InChI is InChI=1S/C24H28N2O6S/c1-31-24(28)22-16-25(20-14-8-9-15-21(20)32-22)23(27)17-26(18-10-4-2-5-11-18)33(29,30)19-12-6-3-7-13-19/h3,6-9,12-15,18,22H,2,4-5,10-11,16-17H2,1H3/t22-/m0/s1. The SMILES string of the molecule is COC(=O)[C@@H]1CN(C(=O)CN(C2CCCCC2)S(=O)(=O)c2ccccc2)c2ccccc2O1. The zero-order chi connectivity index (χ0) is 23.4. The van der Waals surface area contributed by atoms with Gasteiger partial charge in [0.15, 0.2) is 0 Å². The lowest BCUT2D eigenvalue weighted by atomic mass is 9.95. The summed E-state index contributed by atoms with van der Waals surface area (Å²) >= 11 is 0. The van der Waals surface area contributed by atoms with Crippen LogP contribution in [0, 0.1) is 0 Å². The minimum atomic E-state index is -3.88. The molecule has 8 nitrogen and oxygen atoms in total. The van der Waals surface area contributed by atoms with Crippen LogP contribution in [0.2, 0.25) is 0 Å². The highest BCUT2D eigenvalue weighted by Crippen LogP contribution is 2.34. The molecule has 2 aliphatic rings. The lowest BCUT2D eigenvalue weighted by Crippen LogP contribution is -2.52. The molecule has 176 valence electrons. The first-order valence-corrected chi connectivity index (χ1v) is 12.6. The number of hydrogen-bond donors (Lipinski definition) is 0. The number of rotatable bonds is 6. The highest BCUT2D eigenvalue weighted by atomic mass is 32.2. The highest BCUT2D eigenvalue weighted by molar-refractivity contribution is 7.89. The Kier molecular flexibility index (Phi) is 6.99. The Hall–Kier alpha value is -2.91. The van der Waals surface area contributed by atoms with Crippen LogP contribution in [0.15, 0.2) is 59.5 Å². The molecular weight excluding hydrogens is 444 g/mol. The monoisotopic (exact) mass is 472 g/mol. The summed E-state index contributed by atoms with van der Waals surface area (Å²) in [6.07, 6.45) is 3.34. The fourth-order valence-corrected chi connectivity index (χ4v) is 6.11. The Bertz CT molecular complexity index is 1100. The molecule has 1 amide bonds. The molecule has 1 atom stereocenters. The van der Waals surface area contributed by atoms with E-state index in [9.17, 15) is 18.0 Å². The summed E-state index contributed by atoms with van der Waals surface area (Å²) < 4.78 is 39.0. The van der Waals surface area contributed by atoms with Gasteiger partial charge in [-0.3, -0.25) is 4.79 Å². The lowest BCUT2D eigenvalue weighted by molar-refractivity contribution is -0.148. The van der Waals surface area contributed by atoms with Crippen molar-refractivity contribution >= 4 is 27.6 Å². The molecule has 4 rings (SSSR count). The molecule has 0 saturated heterocycles. The lowest BCUT2D eigenvalue weighted by Gasteiger charge is -2.37. The van der Waals surface area contributed by atoms with Crippen molar-refractivity contribution < 1.29 is 27.5 Å². The van der Waals surface area contributed by atoms with Crippen LogP contribution >= 0.6 is 0 Å². The van der Waals surface area contributed by atoms with Crippen molar-refractivity contribution in [2.75, 3.05) is 25.1 Å². The number of fused-ring (bicyclic) bond motifs is 1. The molecule has 0 spiro atoms. The van der Waals surface area contributed by atoms with Crippen LogP contribution in [-0.2, 0) is 24.3 Å². The summed E-state index contributed by atoms with van der Waals surface area (Å²) in [6, 6.07) is 14.9. The Labute approximate surface area is 194 Å². The third-order valence-corrected chi connectivity index (χ3v) is 8.07. The predicted octanol–water partition coefficient (Wildman–Crippen LogP) is 2.98. The van der Waals surface area contributed by atoms with Gasteiger partial charge in [-0.05, 0) is 37.1 Å².